The molecule has 0 aromatic heterocycles. The van der Waals surface area contributed by atoms with E-state index in [2.05, 4.69) is 21.1 Å². The third-order valence-electron chi connectivity index (χ3n) is 4.66. The van der Waals surface area contributed by atoms with Crippen molar-refractivity contribution in [2.45, 2.75) is 25.7 Å². The van der Waals surface area contributed by atoms with Gasteiger partial charge in [0.1, 0.15) is 5.75 Å². The van der Waals surface area contributed by atoms with Gasteiger partial charge in [-0.15, -0.1) is 0 Å². The Morgan fingerprint density at radius 1 is 1.40 bits per heavy atom. The van der Waals surface area contributed by atoms with E-state index < -0.39 is 0 Å². The monoisotopic (exact) mass is 338 g/mol. The topological polar surface area (TPSA) is 67.8 Å². The van der Waals surface area contributed by atoms with Gasteiger partial charge in [0, 0.05) is 4.47 Å². The molecule has 2 aliphatic rings. The van der Waals surface area contributed by atoms with Crippen LogP contribution in [0.2, 0.25) is 0 Å². The van der Waals surface area contributed by atoms with Crippen molar-refractivity contribution in [2.24, 2.45) is 28.6 Å². The van der Waals surface area contributed by atoms with Gasteiger partial charge in [-0.3, -0.25) is 0 Å². The molecule has 5 heteroatoms. The van der Waals surface area contributed by atoms with Gasteiger partial charge >= 0.3 is 0 Å². The number of hydrogen-bond acceptors (Lipinski definition) is 3. The Morgan fingerprint density at radius 3 is 2.90 bits per heavy atom. The van der Waals surface area contributed by atoms with E-state index in [0.717, 1.165) is 22.9 Å². The molecule has 3 unspecified atom stereocenters. The van der Waals surface area contributed by atoms with E-state index >= 15 is 0 Å². The molecule has 2 fully saturated rings. The second kappa shape index (κ2) is 5.64. The Bertz CT molecular complexity index is 533. The second-order valence-electron chi connectivity index (χ2n) is 5.87. The molecule has 0 saturated heterocycles. The van der Waals surface area contributed by atoms with Gasteiger partial charge in [0.2, 0.25) is 0 Å². The highest BCUT2D eigenvalue weighted by atomic mass is 79.9. The molecular weight excluding hydrogens is 320 g/mol. The van der Waals surface area contributed by atoms with Crippen molar-refractivity contribution in [1.82, 2.24) is 0 Å². The number of halogens is 1. The number of hydrogen-bond donors (Lipinski definition) is 2. The fraction of sp³-hybridized carbons (Fsp3) is 0.533. The van der Waals surface area contributed by atoms with Crippen LogP contribution in [-0.2, 0) is 0 Å². The molecule has 20 heavy (non-hydrogen) atoms. The summed E-state index contributed by atoms with van der Waals surface area (Å²) >= 11 is 3.39. The molecule has 0 heterocycles. The zero-order valence-corrected chi connectivity index (χ0v) is 12.8. The van der Waals surface area contributed by atoms with Gasteiger partial charge in [-0.05, 0) is 55.2 Å². The van der Waals surface area contributed by atoms with Gasteiger partial charge < -0.3 is 15.7 Å². The Balaban J connectivity index is 1.71. The third kappa shape index (κ3) is 2.64. The Morgan fingerprint density at radius 2 is 2.25 bits per heavy atom. The van der Waals surface area contributed by atoms with E-state index in [1.54, 1.807) is 0 Å². The number of amidine groups is 1. The van der Waals surface area contributed by atoms with Gasteiger partial charge in [-0.2, -0.15) is 0 Å². The highest BCUT2D eigenvalue weighted by Crippen LogP contribution is 2.48. The third-order valence-corrected chi connectivity index (χ3v) is 5.16. The van der Waals surface area contributed by atoms with Crippen molar-refractivity contribution >= 4 is 21.8 Å². The van der Waals surface area contributed by atoms with E-state index in [1.807, 2.05) is 18.2 Å². The first-order valence-electron chi connectivity index (χ1n) is 7.07. The molecule has 0 amide bonds. The average molecular weight is 339 g/mol. The van der Waals surface area contributed by atoms with Crippen LogP contribution in [0.3, 0.4) is 0 Å². The van der Waals surface area contributed by atoms with Crippen LogP contribution in [0, 0.1) is 17.8 Å². The van der Waals surface area contributed by atoms with Crippen LogP contribution in [0.15, 0.2) is 27.8 Å². The molecule has 3 N–H and O–H groups in total. The number of oxime groups is 1. The van der Waals surface area contributed by atoms with E-state index in [0.29, 0.717) is 17.2 Å². The Labute approximate surface area is 127 Å². The molecule has 108 valence electrons. The lowest BCUT2D eigenvalue weighted by atomic mass is 9.89. The van der Waals surface area contributed by atoms with Gasteiger partial charge in [0.15, 0.2) is 5.84 Å². The lowest BCUT2D eigenvalue weighted by Crippen LogP contribution is -2.20. The van der Waals surface area contributed by atoms with E-state index in [-0.39, 0.29) is 5.84 Å². The zero-order valence-electron chi connectivity index (χ0n) is 11.3. The Kier molecular flexibility index (Phi) is 3.87. The maximum Gasteiger partial charge on any atom is 0.173 e. The van der Waals surface area contributed by atoms with E-state index in [4.69, 9.17) is 15.7 Å². The molecule has 1 aromatic carbocycles. The molecule has 3 atom stereocenters. The largest absolute Gasteiger partial charge is 0.493 e. The fourth-order valence-electron chi connectivity index (χ4n) is 3.66. The minimum Gasteiger partial charge on any atom is -0.493 e. The van der Waals surface area contributed by atoms with Crippen molar-refractivity contribution in [2.75, 3.05) is 6.61 Å². The summed E-state index contributed by atoms with van der Waals surface area (Å²) in [6.07, 6.45) is 5.42. The summed E-state index contributed by atoms with van der Waals surface area (Å²) in [5, 5.41) is 11.9. The molecule has 2 aliphatic carbocycles. The summed E-state index contributed by atoms with van der Waals surface area (Å²) in [7, 11) is 0. The molecule has 3 rings (SSSR count). The van der Waals surface area contributed by atoms with Crippen LogP contribution in [0.5, 0.6) is 5.75 Å². The van der Waals surface area contributed by atoms with Crippen molar-refractivity contribution in [3.05, 3.63) is 28.2 Å². The van der Waals surface area contributed by atoms with Crippen LogP contribution in [0.25, 0.3) is 0 Å². The summed E-state index contributed by atoms with van der Waals surface area (Å²) in [6.45, 7) is 0.731. The maximum atomic E-state index is 8.86. The van der Waals surface area contributed by atoms with Crippen LogP contribution in [-0.4, -0.2) is 17.6 Å². The molecule has 1 aromatic rings. The first-order valence-corrected chi connectivity index (χ1v) is 7.87. The van der Waals surface area contributed by atoms with Crippen molar-refractivity contribution in [3.63, 3.8) is 0 Å². The summed E-state index contributed by atoms with van der Waals surface area (Å²) in [5.41, 5.74) is 6.34. The molecule has 2 bridgehead atoms. The highest BCUT2D eigenvalue weighted by Gasteiger charge is 2.39. The summed E-state index contributed by atoms with van der Waals surface area (Å²) in [5.74, 6) is 3.18. The zero-order chi connectivity index (χ0) is 14.1. The van der Waals surface area contributed by atoms with Crippen molar-refractivity contribution in [1.29, 1.82) is 0 Å². The molecule has 4 nitrogen and oxygen atoms in total. The number of fused-ring (bicyclic) bond motifs is 2. The molecule has 2 saturated carbocycles. The van der Waals surface area contributed by atoms with Crippen molar-refractivity contribution in [3.8, 4) is 5.75 Å². The van der Waals surface area contributed by atoms with Gasteiger partial charge in [-0.25, -0.2) is 0 Å². The van der Waals surface area contributed by atoms with Gasteiger partial charge in [0.05, 0.1) is 12.2 Å². The first-order chi connectivity index (χ1) is 9.67. The number of ether oxygens (including phenoxy) is 1. The molecule has 0 spiro atoms. The average Bonchev–Trinajstić information content (AvgIpc) is 3.07. The predicted octanol–water partition coefficient (Wildman–Crippen LogP) is 3.36. The summed E-state index contributed by atoms with van der Waals surface area (Å²) in [6, 6.07) is 5.58. The van der Waals surface area contributed by atoms with Crippen LogP contribution in [0.4, 0.5) is 0 Å². The fourth-order valence-corrected chi connectivity index (χ4v) is 4.02. The molecule has 0 aliphatic heterocycles. The van der Waals surface area contributed by atoms with Crippen molar-refractivity contribution < 1.29 is 9.94 Å². The van der Waals surface area contributed by atoms with Gasteiger partial charge in [0.25, 0.3) is 0 Å². The maximum absolute atomic E-state index is 8.86. The normalized spacial score (nSPS) is 28.9. The standard InChI is InChI=1S/C15H19BrN2O2/c16-12-3-4-14(13(7-12)15(17)18-19)20-8-11-6-9-1-2-10(11)5-9/h3-4,7,9-11,19H,1-2,5-6,8H2,(H2,17,18). The Hall–Kier alpha value is -1.23. The van der Waals surface area contributed by atoms with Crippen LogP contribution >= 0.6 is 15.9 Å². The van der Waals surface area contributed by atoms with Gasteiger partial charge in [-0.1, -0.05) is 27.5 Å². The van der Waals surface area contributed by atoms with E-state index in [9.17, 15) is 0 Å². The predicted molar refractivity (Wildman–Crippen MR) is 81.1 cm³/mol. The van der Waals surface area contributed by atoms with Crippen LogP contribution < -0.4 is 10.5 Å². The second-order valence-corrected chi connectivity index (χ2v) is 6.79. The molecule has 0 radical (unpaired) electrons. The quantitative estimate of drug-likeness (QED) is 0.383. The lowest BCUT2D eigenvalue weighted by molar-refractivity contribution is 0.195. The minimum absolute atomic E-state index is 0.0780. The number of benzene rings is 1. The first kappa shape index (κ1) is 13.7. The summed E-state index contributed by atoms with van der Waals surface area (Å²) < 4.78 is 6.84. The number of nitrogens with zero attached hydrogens (tertiary/aromatic N) is 1. The summed E-state index contributed by atoms with van der Waals surface area (Å²) in [4.78, 5) is 0. The molecular formula is C15H19BrN2O2. The number of nitrogens with two attached hydrogens (primary N) is 1. The SMILES string of the molecule is N/C(=N/O)c1cc(Br)ccc1OCC1CC2CCC1C2. The smallest absolute Gasteiger partial charge is 0.173 e. The minimum atomic E-state index is 0.0780. The van der Waals surface area contributed by atoms with Crippen LogP contribution in [0.1, 0.15) is 31.2 Å². The lowest BCUT2D eigenvalue weighted by Gasteiger charge is -2.22. The number of rotatable bonds is 4. The van der Waals surface area contributed by atoms with E-state index in [1.165, 1.54) is 25.7 Å². The highest BCUT2D eigenvalue weighted by molar-refractivity contribution is 9.10.